The fraction of sp³-hybridized carbons (Fsp3) is 0.625. The van der Waals surface area contributed by atoms with Crippen molar-refractivity contribution in [2.75, 3.05) is 0 Å². The summed E-state index contributed by atoms with van der Waals surface area (Å²) in [5.41, 5.74) is 0. The maximum absolute atomic E-state index is 9.32. The Morgan fingerprint density at radius 3 is 3.18 bits per heavy atom. The molecule has 1 aliphatic rings. The van der Waals surface area contributed by atoms with Gasteiger partial charge in [0.15, 0.2) is 0 Å². The number of rotatable bonds is 0. The minimum absolute atomic E-state index is 0.321. The molecular weight excluding hydrogens is 140 g/mol. The van der Waals surface area contributed by atoms with Gasteiger partial charge in [-0.15, -0.1) is 0 Å². The highest BCUT2D eigenvalue weighted by atomic mass is 16.3. The zero-order valence-corrected chi connectivity index (χ0v) is 6.45. The van der Waals surface area contributed by atoms with Gasteiger partial charge in [-0.1, -0.05) is 6.42 Å². The summed E-state index contributed by atoms with van der Waals surface area (Å²) in [4.78, 5) is 4.13. The number of fused-ring (bicyclic) bond motifs is 1. The molecule has 0 radical (unpaired) electrons. The number of nitrogens with zero attached hydrogens (tertiary/aromatic N) is 2. The minimum Gasteiger partial charge on any atom is -0.493 e. The van der Waals surface area contributed by atoms with Crippen molar-refractivity contribution in [1.82, 2.24) is 9.55 Å². The molecule has 0 saturated carbocycles. The monoisotopic (exact) mass is 152 g/mol. The topological polar surface area (TPSA) is 38.1 Å². The van der Waals surface area contributed by atoms with E-state index >= 15 is 0 Å². The molecule has 2 rings (SSSR count). The van der Waals surface area contributed by atoms with E-state index in [4.69, 9.17) is 0 Å². The van der Waals surface area contributed by atoms with Crippen LogP contribution >= 0.6 is 0 Å². The normalized spacial score (nSPS) is 17.5. The van der Waals surface area contributed by atoms with Gasteiger partial charge in [-0.05, 0) is 12.8 Å². The number of aromatic nitrogens is 2. The quantitative estimate of drug-likeness (QED) is 0.608. The van der Waals surface area contributed by atoms with Crippen LogP contribution in [0.4, 0.5) is 0 Å². The number of hydrogen-bond donors (Lipinski definition) is 1. The minimum atomic E-state index is 0.321. The first-order chi connectivity index (χ1) is 5.38. The van der Waals surface area contributed by atoms with Gasteiger partial charge in [-0.3, -0.25) is 4.57 Å². The van der Waals surface area contributed by atoms with Crippen LogP contribution in [0.25, 0.3) is 0 Å². The average Bonchev–Trinajstić information content (AvgIpc) is 2.25. The summed E-state index contributed by atoms with van der Waals surface area (Å²) in [7, 11) is 0. The predicted octanol–water partition coefficient (Wildman–Crippen LogP) is 1.32. The van der Waals surface area contributed by atoms with Gasteiger partial charge in [-0.2, -0.15) is 0 Å². The van der Waals surface area contributed by atoms with Crippen LogP contribution in [0.2, 0.25) is 0 Å². The molecule has 0 aliphatic carbocycles. The van der Waals surface area contributed by atoms with Crippen molar-refractivity contribution >= 4 is 0 Å². The summed E-state index contributed by atoms with van der Waals surface area (Å²) < 4.78 is 1.91. The second kappa shape index (κ2) is 2.57. The van der Waals surface area contributed by atoms with Gasteiger partial charge in [0.2, 0.25) is 5.88 Å². The van der Waals surface area contributed by atoms with E-state index in [1.165, 1.54) is 12.8 Å². The number of imidazole rings is 1. The average molecular weight is 152 g/mol. The van der Waals surface area contributed by atoms with Gasteiger partial charge in [0.1, 0.15) is 5.82 Å². The van der Waals surface area contributed by atoms with E-state index in [2.05, 4.69) is 4.98 Å². The van der Waals surface area contributed by atoms with E-state index in [9.17, 15) is 5.11 Å². The highest BCUT2D eigenvalue weighted by molar-refractivity contribution is 5.10. The van der Waals surface area contributed by atoms with E-state index in [1.807, 2.05) is 4.57 Å². The van der Waals surface area contributed by atoms with Crippen LogP contribution in [0.1, 0.15) is 25.1 Å². The Balaban J connectivity index is 2.35. The fourth-order valence-corrected chi connectivity index (χ4v) is 1.58. The Kier molecular flexibility index (Phi) is 1.56. The summed E-state index contributed by atoms with van der Waals surface area (Å²) in [5.74, 6) is 1.36. The second-order valence-electron chi connectivity index (χ2n) is 2.99. The highest BCUT2D eigenvalue weighted by Crippen LogP contribution is 2.19. The van der Waals surface area contributed by atoms with Gasteiger partial charge in [0.25, 0.3) is 0 Å². The van der Waals surface area contributed by atoms with Gasteiger partial charge in [-0.25, -0.2) is 4.98 Å². The molecule has 3 nitrogen and oxygen atoms in total. The van der Waals surface area contributed by atoms with E-state index in [-0.39, 0.29) is 0 Å². The lowest BCUT2D eigenvalue weighted by Crippen LogP contribution is -1.99. The Morgan fingerprint density at radius 1 is 1.36 bits per heavy atom. The molecule has 60 valence electrons. The molecular formula is C8H12N2O. The van der Waals surface area contributed by atoms with Crippen molar-refractivity contribution in [1.29, 1.82) is 0 Å². The third-order valence-electron chi connectivity index (χ3n) is 2.20. The van der Waals surface area contributed by atoms with Crippen molar-refractivity contribution in [3.8, 4) is 5.88 Å². The van der Waals surface area contributed by atoms with Gasteiger partial charge < -0.3 is 5.11 Å². The van der Waals surface area contributed by atoms with Crippen LogP contribution in [0, 0.1) is 0 Å². The molecule has 0 bridgehead atoms. The van der Waals surface area contributed by atoms with Gasteiger partial charge >= 0.3 is 0 Å². The first-order valence-corrected chi connectivity index (χ1v) is 4.11. The standard InChI is InChI=1S/C8H12N2O/c11-8-6-9-7-4-2-1-3-5-10(7)8/h6,11H,1-5H2. The molecule has 11 heavy (non-hydrogen) atoms. The summed E-state index contributed by atoms with van der Waals surface area (Å²) in [6.45, 7) is 0.932. The number of aryl methyl sites for hydroxylation is 1. The van der Waals surface area contributed by atoms with Gasteiger partial charge in [0, 0.05) is 13.0 Å². The Labute approximate surface area is 65.7 Å². The van der Waals surface area contributed by atoms with Crippen LogP contribution in [0.5, 0.6) is 5.88 Å². The second-order valence-corrected chi connectivity index (χ2v) is 2.99. The van der Waals surface area contributed by atoms with Crippen molar-refractivity contribution < 1.29 is 5.11 Å². The molecule has 0 unspecified atom stereocenters. The first kappa shape index (κ1) is 6.70. The van der Waals surface area contributed by atoms with Crippen molar-refractivity contribution in [2.24, 2.45) is 0 Å². The van der Waals surface area contributed by atoms with E-state index in [0.717, 1.165) is 25.2 Å². The molecule has 1 aliphatic heterocycles. The lowest BCUT2D eigenvalue weighted by atomic mass is 10.2. The largest absolute Gasteiger partial charge is 0.493 e. The zero-order valence-electron chi connectivity index (χ0n) is 6.45. The molecule has 1 N–H and O–H groups in total. The van der Waals surface area contributed by atoms with Crippen LogP contribution in [-0.2, 0) is 13.0 Å². The molecule has 3 heteroatoms. The molecule has 0 spiro atoms. The molecule has 1 aromatic rings. The first-order valence-electron chi connectivity index (χ1n) is 4.11. The van der Waals surface area contributed by atoms with E-state index < -0.39 is 0 Å². The van der Waals surface area contributed by atoms with Gasteiger partial charge in [0.05, 0.1) is 6.20 Å². The molecule has 0 aromatic carbocycles. The lowest BCUT2D eigenvalue weighted by Gasteiger charge is -2.02. The zero-order chi connectivity index (χ0) is 7.68. The lowest BCUT2D eigenvalue weighted by molar-refractivity contribution is 0.412. The summed E-state index contributed by atoms with van der Waals surface area (Å²) in [6, 6.07) is 0. The number of hydrogen-bond acceptors (Lipinski definition) is 2. The maximum Gasteiger partial charge on any atom is 0.211 e. The SMILES string of the molecule is Oc1cnc2n1CCCCC2. The van der Waals surface area contributed by atoms with Crippen molar-refractivity contribution in [3.05, 3.63) is 12.0 Å². The predicted molar refractivity (Wildman–Crippen MR) is 41.4 cm³/mol. The number of aromatic hydroxyl groups is 1. The maximum atomic E-state index is 9.32. The third-order valence-corrected chi connectivity index (χ3v) is 2.20. The summed E-state index contributed by atoms with van der Waals surface area (Å²) in [6.07, 6.45) is 6.18. The Hall–Kier alpha value is -0.990. The molecule has 1 aromatic heterocycles. The fourth-order valence-electron chi connectivity index (χ4n) is 1.58. The van der Waals surface area contributed by atoms with Crippen LogP contribution in [0.3, 0.4) is 0 Å². The molecule has 0 fully saturated rings. The van der Waals surface area contributed by atoms with E-state index in [0.29, 0.717) is 5.88 Å². The van der Waals surface area contributed by atoms with Crippen LogP contribution in [0.15, 0.2) is 6.20 Å². The van der Waals surface area contributed by atoms with Crippen LogP contribution < -0.4 is 0 Å². The molecule has 0 amide bonds. The highest BCUT2D eigenvalue weighted by Gasteiger charge is 2.10. The molecule has 0 atom stereocenters. The summed E-state index contributed by atoms with van der Waals surface area (Å²) >= 11 is 0. The molecule has 2 heterocycles. The third kappa shape index (κ3) is 1.11. The van der Waals surface area contributed by atoms with E-state index in [1.54, 1.807) is 6.20 Å². The molecule has 0 saturated heterocycles. The smallest absolute Gasteiger partial charge is 0.211 e. The van der Waals surface area contributed by atoms with Crippen LogP contribution in [-0.4, -0.2) is 14.7 Å². The Bertz CT molecular complexity index is 255. The van der Waals surface area contributed by atoms with Crippen molar-refractivity contribution in [3.63, 3.8) is 0 Å². The Morgan fingerprint density at radius 2 is 2.27 bits per heavy atom. The van der Waals surface area contributed by atoms with Crippen molar-refractivity contribution in [2.45, 2.75) is 32.2 Å². The summed E-state index contributed by atoms with van der Waals surface area (Å²) in [5, 5.41) is 9.32.